The molecule has 0 radical (unpaired) electrons. The summed E-state index contributed by atoms with van der Waals surface area (Å²) in [6.45, 7) is 0. The second-order valence-corrected chi connectivity index (χ2v) is 7.88. The number of nitrogens with one attached hydrogen (secondary N) is 1. The number of hydrogen-bond donors (Lipinski definition) is 2. The van der Waals surface area contributed by atoms with Crippen molar-refractivity contribution in [3.63, 3.8) is 0 Å². The largest absolute Gasteiger partial charge is 0.508 e. The van der Waals surface area contributed by atoms with Crippen LogP contribution in [0.2, 0.25) is 0 Å². The highest BCUT2D eigenvalue weighted by atomic mass is 32.1. The number of aromatic nitrogens is 1. The third-order valence-corrected chi connectivity index (χ3v) is 5.83. The number of rotatable bonds is 5. The lowest BCUT2D eigenvalue weighted by molar-refractivity contribution is -0.384. The Labute approximate surface area is 194 Å². The SMILES string of the molecule is O=[N+]([O-])c1ccccc1-c1ccc([C@@H]2[C@H](c3ccccn3)NC(=S)N2c2ccc(O)cc2)o1. The number of phenols is 1. The Morgan fingerprint density at radius 2 is 1.79 bits per heavy atom. The van der Waals surface area contributed by atoms with Gasteiger partial charge >= 0.3 is 0 Å². The fourth-order valence-electron chi connectivity index (χ4n) is 4.03. The van der Waals surface area contributed by atoms with Crippen molar-refractivity contribution in [2.24, 2.45) is 0 Å². The minimum atomic E-state index is -0.427. The molecular weight excluding hydrogens is 440 g/mol. The Morgan fingerprint density at radius 1 is 1.03 bits per heavy atom. The van der Waals surface area contributed by atoms with Crippen molar-refractivity contribution in [3.05, 3.63) is 107 Å². The van der Waals surface area contributed by atoms with E-state index >= 15 is 0 Å². The standard InChI is InChI=1S/C24H18N4O4S/c29-16-10-8-15(9-11-16)27-23(22(26-24(27)33)18-6-3-4-14-25-18)21-13-12-20(32-21)17-5-1-2-7-19(17)28(30)31/h1-14,22-23,29H,(H,26,33)/t22-,23+/m0/s1. The van der Waals surface area contributed by atoms with Gasteiger partial charge in [-0.1, -0.05) is 18.2 Å². The van der Waals surface area contributed by atoms with E-state index < -0.39 is 11.0 Å². The zero-order valence-corrected chi connectivity index (χ0v) is 18.0. The molecule has 1 aliphatic rings. The van der Waals surface area contributed by atoms with Gasteiger partial charge in [-0.3, -0.25) is 15.1 Å². The van der Waals surface area contributed by atoms with Gasteiger partial charge in [0.25, 0.3) is 5.69 Å². The maximum absolute atomic E-state index is 11.5. The number of thiocarbonyl (C=S) groups is 1. The maximum atomic E-state index is 11.5. The number of nitro groups is 1. The zero-order valence-electron chi connectivity index (χ0n) is 17.2. The molecule has 8 nitrogen and oxygen atoms in total. The number of aromatic hydroxyl groups is 1. The van der Waals surface area contributed by atoms with Crippen LogP contribution < -0.4 is 10.2 Å². The number of hydrogen-bond acceptors (Lipinski definition) is 6. The molecule has 0 saturated carbocycles. The molecule has 1 aliphatic heterocycles. The quantitative estimate of drug-likeness (QED) is 0.241. The van der Waals surface area contributed by atoms with Gasteiger partial charge in [-0.25, -0.2) is 0 Å². The molecule has 3 heterocycles. The van der Waals surface area contributed by atoms with Gasteiger partial charge in [-0.15, -0.1) is 0 Å². The molecule has 2 atom stereocenters. The maximum Gasteiger partial charge on any atom is 0.280 e. The monoisotopic (exact) mass is 458 g/mol. The Bertz CT molecular complexity index is 1320. The Morgan fingerprint density at radius 3 is 2.52 bits per heavy atom. The van der Waals surface area contributed by atoms with Gasteiger partial charge in [0.05, 0.1) is 22.2 Å². The van der Waals surface area contributed by atoms with E-state index in [0.717, 1.165) is 11.4 Å². The number of nitro benzene ring substituents is 1. The van der Waals surface area contributed by atoms with Crippen molar-refractivity contribution < 1.29 is 14.4 Å². The van der Waals surface area contributed by atoms with Crippen molar-refractivity contribution in [1.29, 1.82) is 0 Å². The van der Waals surface area contributed by atoms with Crippen LogP contribution in [0.4, 0.5) is 11.4 Å². The van der Waals surface area contributed by atoms with Gasteiger partial charge in [-0.05, 0) is 66.8 Å². The third kappa shape index (κ3) is 3.79. The molecule has 164 valence electrons. The van der Waals surface area contributed by atoms with E-state index in [1.807, 2.05) is 23.1 Å². The van der Waals surface area contributed by atoms with Gasteiger partial charge in [-0.2, -0.15) is 0 Å². The van der Waals surface area contributed by atoms with E-state index in [1.54, 1.807) is 60.8 Å². The molecule has 0 unspecified atom stereocenters. The first-order valence-electron chi connectivity index (χ1n) is 10.2. The molecule has 0 bridgehead atoms. The van der Waals surface area contributed by atoms with Crippen molar-refractivity contribution in [1.82, 2.24) is 10.3 Å². The summed E-state index contributed by atoms with van der Waals surface area (Å²) in [7, 11) is 0. The molecule has 2 N–H and O–H groups in total. The van der Waals surface area contributed by atoms with Crippen LogP contribution in [-0.4, -0.2) is 20.1 Å². The minimum absolute atomic E-state index is 0.0323. The van der Waals surface area contributed by atoms with Crippen LogP contribution in [-0.2, 0) is 0 Å². The van der Waals surface area contributed by atoms with E-state index in [-0.39, 0.29) is 17.5 Å². The number of benzene rings is 2. The van der Waals surface area contributed by atoms with Crippen LogP contribution in [0.3, 0.4) is 0 Å². The highest BCUT2D eigenvalue weighted by molar-refractivity contribution is 7.80. The molecular formula is C24H18N4O4S. The van der Waals surface area contributed by atoms with E-state index in [0.29, 0.717) is 22.2 Å². The summed E-state index contributed by atoms with van der Waals surface area (Å²) in [5.74, 6) is 1.10. The van der Waals surface area contributed by atoms with Gasteiger partial charge < -0.3 is 19.7 Å². The van der Waals surface area contributed by atoms with Gasteiger partial charge in [0.2, 0.25) is 0 Å². The Balaban J connectivity index is 1.61. The molecule has 1 fully saturated rings. The molecule has 4 aromatic rings. The highest BCUT2D eigenvalue weighted by Gasteiger charge is 2.42. The smallest absolute Gasteiger partial charge is 0.280 e. The Kier molecular flexibility index (Phi) is 5.23. The van der Waals surface area contributed by atoms with Crippen molar-refractivity contribution in [2.45, 2.75) is 12.1 Å². The molecule has 0 aliphatic carbocycles. The Hall–Kier alpha value is -4.24. The van der Waals surface area contributed by atoms with Crippen LogP contribution in [0.1, 0.15) is 23.5 Å². The third-order valence-electron chi connectivity index (χ3n) is 5.51. The lowest BCUT2D eigenvalue weighted by Crippen LogP contribution is -2.29. The fourth-order valence-corrected chi connectivity index (χ4v) is 4.38. The van der Waals surface area contributed by atoms with E-state index in [9.17, 15) is 15.2 Å². The summed E-state index contributed by atoms with van der Waals surface area (Å²) in [6, 6.07) is 21.6. The first-order chi connectivity index (χ1) is 16.0. The van der Waals surface area contributed by atoms with Crippen LogP contribution in [0.25, 0.3) is 11.3 Å². The van der Waals surface area contributed by atoms with Gasteiger partial charge in [0.15, 0.2) is 5.11 Å². The molecule has 2 aromatic heterocycles. The van der Waals surface area contributed by atoms with Gasteiger partial charge in [0, 0.05) is 18.0 Å². The number of anilines is 1. The summed E-state index contributed by atoms with van der Waals surface area (Å²) in [4.78, 5) is 17.5. The highest BCUT2D eigenvalue weighted by Crippen LogP contribution is 2.43. The van der Waals surface area contributed by atoms with E-state index in [4.69, 9.17) is 16.6 Å². The molecule has 33 heavy (non-hydrogen) atoms. The van der Waals surface area contributed by atoms with Crippen molar-refractivity contribution in [3.8, 4) is 17.1 Å². The molecule has 0 amide bonds. The number of para-hydroxylation sites is 1. The average Bonchev–Trinajstić information content (AvgIpc) is 3.45. The number of phenolic OH excluding ortho intramolecular Hbond substituents is 1. The van der Waals surface area contributed by atoms with Crippen LogP contribution >= 0.6 is 12.2 Å². The van der Waals surface area contributed by atoms with Crippen LogP contribution in [0.5, 0.6) is 5.75 Å². The number of furan rings is 1. The first kappa shape index (κ1) is 20.7. The summed E-state index contributed by atoms with van der Waals surface area (Å²) in [5, 5.41) is 25.0. The second kappa shape index (κ2) is 8.36. The molecule has 0 spiro atoms. The summed E-state index contributed by atoms with van der Waals surface area (Å²) in [6.07, 6.45) is 1.71. The minimum Gasteiger partial charge on any atom is -0.508 e. The van der Waals surface area contributed by atoms with Crippen molar-refractivity contribution >= 4 is 28.7 Å². The zero-order chi connectivity index (χ0) is 22.9. The first-order valence-corrected chi connectivity index (χ1v) is 10.6. The van der Waals surface area contributed by atoms with Crippen LogP contribution in [0.15, 0.2) is 89.5 Å². The average molecular weight is 458 g/mol. The summed E-state index contributed by atoms with van der Waals surface area (Å²) >= 11 is 5.66. The normalized spacial score (nSPS) is 17.7. The summed E-state index contributed by atoms with van der Waals surface area (Å²) in [5.41, 5.74) is 1.90. The molecule has 5 rings (SSSR count). The topological polar surface area (TPSA) is 105 Å². The van der Waals surface area contributed by atoms with E-state index in [2.05, 4.69) is 10.3 Å². The van der Waals surface area contributed by atoms with E-state index in [1.165, 1.54) is 6.07 Å². The molecule has 9 heteroatoms. The molecule has 2 aromatic carbocycles. The lowest BCUT2D eigenvalue weighted by Gasteiger charge is -2.26. The number of pyridine rings is 1. The molecule has 1 saturated heterocycles. The lowest BCUT2D eigenvalue weighted by atomic mass is 10.0. The predicted octanol–water partition coefficient (Wildman–Crippen LogP) is 5.13. The second-order valence-electron chi connectivity index (χ2n) is 7.49. The van der Waals surface area contributed by atoms with Gasteiger partial charge in [0.1, 0.15) is 23.3 Å². The predicted molar refractivity (Wildman–Crippen MR) is 127 cm³/mol. The summed E-state index contributed by atoms with van der Waals surface area (Å²) < 4.78 is 6.20. The van der Waals surface area contributed by atoms with Crippen molar-refractivity contribution in [2.75, 3.05) is 4.90 Å². The van der Waals surface area contributed by atoms with Crippen LogP contribution in [0, 0.1) is 10.1 Å². The number of nitrogens with zero attached hydrogens (tertiary/aromatic N) is 3. The fraction of sp³-hybridized carbons (Fsp3) is 0.0833.